The van der Waals surface area contributed by atoms with Crippen LogP contribution in [0.25, 0.3) is 0 Å². The molecule has 29 heavy (non-hydrogen) atoms. The lowest BCUT2D eigenvalue weighted by Crippen LogP contribution is -2.56. The molecule has 2 aromatic rings. The standard InChI is InChI=1S/C22H25ClN2O4/c1-15-8-10-22(11-9-15)25(21(27)17-6-2-3-7-18(17)23)19(14-29-22)20(26)24-13-16-5-4-12-28-16/h2-7,12,15,19H,8-11,13-14H2,1H3,(H,24,26)/t15?,19-,22?/m0/s1. The van der Waals surface area contributed by atoms with E-state index in [-0.39, 0.29) is 25.0 Å². The first-order valence-electron chi connectivity index (χ1n) is 10.0. The van der Waals surface area contributed by atoms with Gasteiger partial charge in [-0.1, -0.05) is 30.7 Å². The summed E-state index contributed by atoms with van der Waals surface area (Å²) in [4.78, 5) is 28.2. The molecule has 1 saturated heterocycles. The highest BCUT2D eigenvalue weighted by molar-refractivity contribution is 6.33. The number of nitrogens with one attached hydrogen (secondary N) is 1. The molecule has 1 aliphatic carbocycles. The summed E-state index contributed by atoms with van der Waals surface area (Å²) in [5.74, 6) is 0.717. The van der Waals surface area contributed by atoms with E-state index in [2.05, 4.69) is 12.2 Å². The number of rotatable bonds is 4. The first-order chi connectivity index (χ1) is 14.0. The molecule has 1 N–H and O–H groups in total. The molecule has 6 nitrogen and oxygen atoms in total. The Bertz CT molecular complexity index is 875. The maximum absolute atomic E-state index is 13.5. The lowest BCUT2D eigenvalue weighted by Gasteiger charge is -2.43. The molecular weight excluding hydrogens is 392 g/mol. The summed E-state index contributed by atoms with van der Waals surface area (Å²) in [6, 6.07) is 9.80. The minimum atomic E-state index is -0.755. The van der Waals surface area contributed by atoms with Gasteiger partial charge in [0, 0.05) is 0 Å². The highest BCUT2D eigenvalue weighted by Crippen LogP contribution is 2.43. The largest absolute Gasteiger partial charge is 0.467 e. The van der Waals surface area contributed by atoms with E-state index >= 15 is 0 Å². The van der Waals surface area contributed by atoms with Gasteiger partial charge in [0.15, 0.2) is 0 Å². The number of furan rings is 1. The number of ether oxygens (including phenoxy) is 1. The van der Waals surface area contributed by atoms with E-state index in [1.54, 1.807) is 47.6 Å². The number of carbonyl (C=O) groups is 2. The number of halogens is 1. The van der Waals surface area contributed by atoms with Gasteiger partial charge < -0.3 is 14.5 Å². The van der Waals surface area contributed by atoms with Crippen molar-refractivity contribution in [2.45, 2.75) is 50.9 Å². The number of amides is 2. The lowest BCUT2D eigenvalue weighted by molar-refractivity contribution is -0.128. The van der Waals surface area contributed by atoms with Crippen LogP contribution in [0.1, 0.15) is 48.7 Å². The van der Waals surface area contributed by atoms with E-state index < -0.39 is 11.8 Å². The van der Waals surface area contributed by atoms with Gasteiger partial charge in [0.1, 0.15) is 17.5 Å². The second kappa shape index (κ2) is 8.20. The van der Waals surface area contributed by atoms with Crippen molar-refractivity contribution in [3.05, 3.63) is 59.0 Å². The predicted molar refractivity (Wildman–Crippen MR) is 108 cm³/mol. The van der Waals surface area contributed by atoms with Gasteiger partial charge in [0.05, 0.1) is 30.0 Å². The van der Waals surface area contributed by atoms with Gasteiger partial charge in [-0.25, -0.2) is 0 Å². The first-order valence-corrected chi connectivity index (χ1v) is 10.4. The molecule has 1 aliphatic heterocycles. The molecule has 2 fully saturated rings. The van der Waals surface area contributed by atoms with Crippen molar-refractivity contribution in [2.24, 2.45) is 5.92 Å². The number of carbonyl (C=O) groups excluding carboxylic acids is 2. The summed E-state index contributed by atoms with van der Waals surface area (Å²) in [6.45, 7) is 2.64. The van der Waals surface area contributed by atoms with Gasteiger partial charge in [-0.15, -0.1) is 0 Å². The number of hydrogen-bond acceptors (Lipinski definition) is 4. The van der Waals surface area contributed by atoms with E-state index in [1.807, 2.05) is 0 Å². The van der Waals surface area contributed by atoms with Crippen molar-refractivity contribution in [1.29, 1.82) is 0 Å². The Kier molecular flexibility index (Phi) is 5.65. The van der Waals surface area contributed by atoms with Crippen LogP contribution in [0.4, 0.5) is 0 Å². The first kappa shape index (κ1) is 20.0. The van der Waals surface area contributed by atoms with E-state index in [9.17, 15) is 9.59 Å². The molecule has 0 unspecified atom stereocenters. The lowest BCUT2D eigenvalue weighted by atomic mass is 9.83. The van der Waals surface area contributed by atoms with Crippen molar-refractivity contribution in [3.8, 4) is 0 Å². The van der Waals surface area contributed by atoms with Gasteiger partial charge >= 0.3 is 0 Å². The normalized spacial score (nSPS) is 26.6. The molecule has 1 aromatic heterocycles. The predicted octanol–water partition coefficient (Wildman–Crippen LogP) is 4.00. The second-order valence-electron chi connectivity index (χ2n) is 7.91. The van der Waals surface area contributed by atoms with Crippen molar-refractivity contribution in [1.82, 2.24) is 10.2 Å². The van der Waals surface area contributed by atoms with E-state index in [0.717, 1.165) is 12.8 Å². The molecule has 2 amide bonds. The van der Waals surface area contributed by atoms with Crippen molar-refractivity contribution in [3.63, 3.8) is 0 Å². The van der Waals surface area contributed by atoms with Crippen LogP contribution in [0, 0.1) is 5.92 Å². The third-order valence-electron chi connectivity index (χ3n) is 5.96. The topological polar surface area (TPSA) is 71.8 Å². The van der Waals surface area contributed by atoms with Crippen LogP contribution >= 0.6 is 11.6 Å². The molecule has 4 rings (SSSR count). The quantitative estimate of drug-likeness (QED) is 0.817. The Balaban J connectivity index is 1.60. The maximum atomic E-state index is 13.5. The zero-order chi connectivity index (χ0) is 20.4. The zero-order valence-corrected chi connectivity index (χ0v) is 17.2. The highest BCUT2D eigenvalue weighted by Gasteiger charge is 2.53. The van der Waals surface area contributed by atoms with E-state index in [0.29, 0.717) is 35.1 Å². The van der Waals surface area contributed by atoms with Crippen LogP contribution in [-0.4, -0.2) is 35.1 Å². The Morgan fingerprint density at radius 3 is 2.66 bits per heavy atom. The molecule has 154 valence electrons. The fraction of sp³-hybridized carbons (Fsp3) is 0.455. The Labute approximate surface area is 175 Å². The Morgan fingerprint density at radius 2 is 1.97 bits per heavy atom. The monoisotopic (exact) mass is 416 g/mol. The molecule has 1 aromatic carbocycles. The fourth-order valence-electron chi connectivity index (χ4n) is 4.25. The van der Waals surface area contributed by atoms with Gasteiger partial charge in [0.2, 0.25) is 5.91 Å². The number of benzene rings is 1. The van der Waals surface area contributed by atoms with Gasteiger partial charge in [-0.3, -0.25) is 14.5 Å². The Morgan fingerprint density at radius 1 is 1.21 bits per heavy atom. The molecule has 0 radical (unpaired) electrons. The van der Waals surface area contributed by atoms with Crippen LogP contribution in [-0.2, 0) is 16.1 Å². The van der Waals surface area contributed by atoms with Crippen LogP contribution in [0.3, 0.4) is 0 Å². The zero-order valence-electron chi connectivity index (χ0n) is 16.4. The van der Waals surface area contributed by atoms with Crippen LogP contribution in [0.15, 0.2) is 47.1 Å². The van der Waals surface area contributed by atoms with Gasteiger partial charge in [0.25, 0.3) is 5.91 Å². The Hall–Kier alpha value is -2.31. The smallest absolute Gasteiger partial charge is 0.258 e. The van der Waals surface area contributed by atoms with Gasteiger partial charge in [-0.05, 0) is 55.9 Å². The summed E-state index contributed by atoms with van der Waals surface area (Å²) < 4.78 is 11.5. The molecular formula is C22H25ClN2O4. The summed E-state index contributed by atoms with van der Waals surface area (Å²) in [5, 5.41) is 3.24. The van der Waals surface area contributed by atoms with Crippen molar-refractivity contribution >= 4 is 23.4 Å². The van der Waals surface area contributed by atoms with Crippen LogP contribution in [0.2, 0.25) is 5.02 Å². The second-order valence-corrected chi connectivity index (χ2v) is 8.31. The molecule has 2 aliphatic rings. The average Bonchev–Trinajstić information content (AvgIpc) is 3.37. The summed E-state index contributed by atoms with van der Waals surface area (Å²) in [7, 11) is 0. The summed E-state index contributed by atoms with van der Waals surface area (Å²) in [6.07, 6.45) is 4.89. The minimum Gasteiger partial charge on any atom is -0.467 e. The van der Waals surface area contributed by atoms with E-state index in [4.69, 9.17) is 20.8 Å². The molecule has 2 heterocycles. The SMILES string of the molecule is CC1CCC2(CC1)OC[C@@H](C(=O)NCc1ccco1)N2C(=O)c1ccccc1Cl. The number of hydrogen-bond donors (Lipinski definition) is 1. The number of nitrogens with zero attached hydrogens (tertiary/aromatic N) is 1. The summed E-state index contributed by atoms with van der Waals surface area (Å²) in [5.41, 5.74) is -0.364. The van der Waals surface area contributed by atoms with Gasteiger partial charge in [-0.2, -0.15) is 0 Å². The van der Waals surface area contributed by atoms with Crippen molar-refractivity contribution < 1.29 is 18.7 Å². The van der Waals surface area contributed by atoms with E-state index in [1.165, 1.54) is 0 Å². The average molecular weight is 417 g/mol. The molecule has 1 spiro atoms. The molecule has 0 bridgehead atoms. The third-order valence-corrected chi connectivity index (χ3v) is 6.29. The van der Waals surface area contributed by atoms with Crippen molar-refractivity contribution in [2.75, 3.05) is 6.61 Å². The van der Waals surface area contributed by atoms with Crippen LogP contribution in [0.5, 0.6) is 0 Å². The molecule has 1 atom stereocenters. The summed E-state index contributed by atoms with van der Waals surface area (Å²) >= 11 is 6.30. The highest BCUT2D eigenvalue weighted by atomic mass is 35.5. The molecule has 1 saturated carbocycles. The molecule has 7 heteroatoms. The fourth-order valence-corrected chi connectivity index (χ4v) is 4.47. The third kappa shape index (κ3) is 3.91. The maximum Gasteiger partial charge on any atom is 0.258 e. The minimum absolute atomic E-state index is 0.175. The van der Waals surface area contributed by atoms with Crippen LogP contribution < -0.4 is 5.32 Å².